The van der Waals surface area contributed by atoms with E-state index in [1.807, 2.05) is 5.40 Å². The molecular formula is C13H12ClFN2OS. The lowest BCUT2D eigenvalue weighted by molar-refractivity contribution is -0.127. The lowest BCUT2D eigenvalue weighted by atomic mass is 10.1. The van der Waals surface area contributed by atoms with Crippen molar-refractivity contribution in [1.29, 1.82) is 5.26 Å². The van der Waals surface area contributed by atoms with Gasteiger partial charge in [0.25, 0.3) is 0 Å². The Labute approximate surface area is 120 Å². The summed E-state index contributed by atoms with van der Waals surface area (Å²) in [6.45, 7) is -0.286. The molecule has 1 amide bonds. The van der Waals surface area contributed by atoms with Crippen LogP contribution in [-0.4, -0.2) is 12.6 Å². The average Bonchev–Trinajstić information content (AvgIpc) is 3.20. The molecular weight excluding hydrogens is 287 g/mol. The zero-order valence-electron chi connectivity index (χ0n) is 10.1. The summed E-state index contributed by atoms with van der Waals surface area (Å²) in [7, 11) is 0. The van der Waals surface area contributed by atoms with Gasteiger partial charge in [0.05, 0.1) is 10.4 Å². The first kappa shape index (κ1) is 14.2. The SMILES string of the molecule is N#CSc1cc(CNC(=O)C2(CF)CC2)ccc1Cl. The van der Waals surface area contributed by atoms with Gasteiger partial charge in [-0.25, -0.2) is 4.39 Å². The number of nitrogens with one attached hydrogen (secondary N) is 1. The molecule has 2 rings (SSSR count). The molecule has 0 atom stereocenters. The fourth-order valence-corrected chi connectivity index (χ4v) is 2.43. The second-order valence-electron chi connectivity index (χ2n) is 4.55. The van der Waals surface area contributed by atoms with Gasteiger partial charge in [-0.3, -0.25) is 4.79 Å². The molecule has 1 saturated carbocycles. The van der Waals surface area contributed by atoms with E-state index in [9.17, 15) is 9.18 Å². The van der Waals surface area contributed by atoms with Gasteiger partial charge in [-0.1, -0.05) is 17.7 Å². The highest BCUT2D eigenvalue weighted by Gasteiger charge is 2.49. The third kappa shape index (κ3) is 3.20. The van der Waals surface area contributed by atoms with E-state index < -0.39 is 12.1 Å². The Kier molecular flexibility index (Phi) is 4.33. The van der Waals surface area contributed by atoms with Crippen LogP contribution in [-0.2, 0) is 11.3 Å². The van der Waals surface area contributed by atoms with Crippen LogP contribution in [0.3, 0.4) is 0 Å². The quantitative estimate of drug-likeness (QED) is 0.670. The summed E-state index contributed by atoms with van der Waals surface area (Å²) in [6, 6.07) is 5.22. The fraction of sp³-hybridized carbons (Fsp3) is 0.385. The van der Waals surface area contributed by atoms with Crippen molar-refractivity contribution in [3.63, 3.8) is 0 Å². The molecule has 100 valence electrons. The molecule has 1 aliphatic carbocycles. The lowest BCUT2D eigenvalue weighted by Gasteiger charge is -2.12. The monoisotopic (exact) mass is 298 g/mol. The van der Waals surface area contributed by atoms with Crippen molar-refractivity contribution in [2.24, 2.45) is 5.41 Å². The zero-order valence-corrected chi connectivity index (χ0v) is 11.7. The van der Waals surface area contributed by atoms with Crippen LogP contribution in [0.25, 0.3) is 0 Å². The van der Waals surface area contributed by atoms with Gasteiger partial charge >= 0.3 is 0 Å². The lowest BCUT2D eigenvalue weighted by Crippen LogP contribution is -2.32. The predicted molar refractivity (Wildman–Crippen MR) is 72.4 cm³/mol. The Hall–Kier alpha value is -1.25. The van der Waals surface area contributed by atoms with E-state index >= 15 is 0 Å². The van der Waals surface area contributed by atoms with Crippen molar-refractivity contribution >= 4 is 29.3 Å². The number of nitrogens with zero attached hydrogens (tertiary/aromatic N) is 1. The van der Waals surface area contributed by atoms with Crippen molar-refractivity contribution < 1.29 is 9.18 Å². The van der Waals surface area contributed by atoms with Crippen LogP contribution >= 0.6 is 23.4 Å². The standard InChI is InChI=1S/C13H12ClFN2OS/c14-10-2-1-9(5-11(10)19-8-16)6-17-12(18)13(7-15)3-4-13/h1-2,5H,3-4,6-7H2,(H,17,18). The predicted octanol–water partition coefficient (Wildman–Crippen LogP) is 3.28. The van der Waals surface area contributed by atoms with E-state index in [2.05, 4.69) is 5.32 Å². The van der Waals surface area contributed by atoms with Crippen LogP contribution in [0, 0.1) is 16.1 Å². The third-order valence-electron chi connectivity index (χ3n) is 3.20. The molecule has 0 unspecified atom stereocenters. The molecule has 0 spiro atoms. The Bertz CT molecular complexity index is 540. The summed E-state index contributed by atoms with van der Waals surface area (Å²) in [6.07, 6.45) is 1.23. The van der Waals surface area contributed by atoms with E-state index in [1.165, 1.54) is 0 Å². The minimum Gasteiger partial charge on any atom is -0.351 e. The normalized spacial score (nSPS) is 15.6. The summed E-state index contributed by atoms with van der Waals surface area (Å²) in [4.78, 5) is 12.4. The van der Waals surface area contributed by atoms with Crippen LogP contribution in [0.4, 0.5) is 4.39 Å². The summed E-state index contributed by atoms with van der Waals surface area (Å²) in [5, 5.41) is 13.8. The molecule has 6 heteroatoms. The van der Waals surface area contributed by atoms with Gasteiger partial charge in [0, 0.05) is 11.4 Å². The molecule has 19 heavy (non-hydrogen) atoms. The van der Waals surface area contributed by atoms with E-state index in [0.29, 0.717) is 29.3 Å². The highest BCUT2D eigenvalue weighted by atomic mass is 35.5. The van der Waals surface area contributed by atoms with Gasteiger partial charge < -0.3 is 5.32 Å². The maximum Gasteiger partial charge on any atom is 0.229 e. The second-order valence-corrected chi connectivity index (χ2v) is 5.79. The van der Waals surface area contributed by atoms with Crippen LogP contribution in [0.2, 0.25) is 5.02 Å². The zero-order chi connectivity index (χ0) is 13.9. The smallest absolute Gasteiger partial charge is 0.229 e. The highest BCUT2D eigenvalue weighted by molar-refractivity contribution is 8.03. The summed E-state index contributed by atoms with van der Waals surface area (Å²) in [5.41, 5.74) is 0.0570. The number of thiocyanates is 1. The summed E-state index contributed by atoms with van der Waals surface area (Å²) in [5.74, 6) is -0.237. The number of halogens is 2. The van der Waals surface area contributed by atoms with Crippen LogP contribution in [0.15, 0.2) is 23.1 Å². The average molecular weight is 299 g/mol. The molecule has 0 radical (unpaired) electrons. The van der Waals surface area contributed by atoms with E-state index in [1.54, 1.807) is 18.2 Å². The van der Waals surface area contributed by atoms with Crippen LogP contribution in [0.5, 0.6) is 0 Å². The second kappa shape index (κ2) is 5.81. The maximum absolute atomic E-state index is 12.7. The Balaban J connectivity index is 1.98. The molecule has 1 aromatic carbocycles. The van der Waals surface area contributed by atoms with Crippen molar-refractivity contribution in [2.75, 3.05) is 6.67 Å². The Morgan fingerprint density at radius 3 is 2.89 bits per heavy atom. The Morgan fingerprint density at radius 1 is 1.58 bits per heavy atom. The minimum atomic E-state index is -0.781. The van der Waals surface area contributed by atoms with Gasteiger partial charge in [0.15, 0.2) is 0 Å². The molecule has 0 aromatic heterocycles. The first-order valence-electron chi connectivity index (χ1n) is 5.80. The number of carbonyl (C=O) groups is 1. The van der Waals surface area contributed by atoms with Crippen molar-refractivity contribution in [1.82, 2.24) is 5.32 Å². The Morgan fingerprint density at radius 2 is 2.32 bits per heavy atom. The molecule has 3 nitrogen and oxygen atoms in total. The molecule has 1 N–H and O–H groups in total. The fourth-order valence-electron chi connectivity index (χ4n) is 1.73. The number of rotatable bonds is 5. The molecule has 0 aliphatic heterocycles. The number of nitriles is 1. The third-order valence-corrected chi connectivity index (χ3v) is 4.29. The number of thioether (sulfide) groups is 1. The minimum absolute atomic E-state index is 0.237. The van der Waals surface area contributed by atoms with Crippen molar-refractivity contribution in [3.8, 4) is 5.40 Å². The van der Waals surface area contributed by atoms with Gasteiger partial charge in [-0.15, -0.1) is 0 Å². The van der Waals surface area contributed by atoms with Crippen molar-refractivity contribution in [2.45, 2.75) is 24.3 Å². The number of carbonyl (C=O) groups excluding carboxylic acids is 1. The van der Waals surface area contributed by atoms with E-state index in [4.69, 9.17) is 16.9 Å². The van der Waals surface area contributed by atoms with E-state index in [-0.39, 0.29) is 5.91 Å². The maximum atomic E-state index is 12.7. The van der Waals surface area contributed by atoms with Gasteiger partial charge in [0.2, 0.25) is 5.91 Å². The first-order chi connectivity index (χ1) is 9.11. The molecule has 1 aromatic rings. The molecule has 0 bridgehead atoms. The molecule has 0 saturated heterocycles. The highest BCUT2D eigenvalue weighted by Crippen LogP contribution is 2.46. The summed E-state index contributed by atoms with van der Waals surface area (Å²) >= 11 is 6.91. The first-order valence-corrected chi connectivity index (χ1v) is 6.99. The van der Waals surface area contributed by atoms with Crippen molar-refractivity contribution in [3.05, 3.63) is 28.8 Å². The van der Waals surface area contributed by atoms with Crippen LogP contribution < -0.4 is 5.32 Å². The number of alkyl halides is 1. The van der Waals surface area contributed by atoms with Gasteiger partial charge in [-0.05, 0) is 42.3 Å². The number of benzene rings is 1. The van der Waals surface area contributed by atoms with Crippen LogP contribution in [0.1, 0.15) is 18.4 Å². The van der Waals surface area contributed by atoms with Gasteiger partial charge in [0.1, 0.15) is 12.1 Å². The molecule has 1 fully saturated rings. The number of amides is 1. The number of hydrogen-bond acceptors (Lipinski definition) is 3. The largest absolute Gasteiger partial charge is 0.351 e. The topological polar surface area (TPSA) is 52.9 Å². The molecule has 1 aliphatic rings. The van der Waals surface area contributed by atoms with Gasteiger partial charge in [-0.2, -0.15) is 5.26 Å². The van der Waals surface area contributed by atoms with E-state index in [0.717, 1.165) is 17.3 Å². The number of hydrogen-bond donors (Lipinski definition) is 1. The molecule has 0 heterocycles. The summed E-state index contributed by atoms with van der Waals surface area (Å²) < 4.78 is 12.7.